The van der Waals surface area contributed by atoms with E-state index < -0.39 is 5.91 Å². The number of rotatable bonds is 6. The van der Waals surface area contributed by atoms with Crippen LogP contribution in [0.5, 0.6) is 0 Å². The number of aromatic nitrogens is 4. The number of nitrogens with zero attached hydrogens (tertiary/aromatic N) is 4. The van der Waals surface area contributed by atoms with Gasteiger partial charge in [-0.2, -0.15) is 0 Å². The molecular weight excluding hydrogens is 423 g/mol. The van der Waals surface area contributed by atoms with Crippen molar-refractivity contribution >= 4 is 51.5 Å². The summed E-state index contributed by atoms with van der Waals surface area (Å²) < 4.78 is 1.52. The molecule has 0 aliphatic rings. The standard InChI is InChI=1S/C17H16Cl2N6O2S/c1-3-20-16(27)14-9(2)21-17(28-14)22-15(26)13-8-25(24-23-13)7-10-4-5-11(18)12(19)6-10/h4-6,8H,3,7H2,1-2H3,(H,20,27)(H,21,22,26). The Morgan fingerprint density at radius 1 is 1.21 bits per heavy atom. The molecule has 0 saturated heterocycles. The average Bonchev–Trinajstić information content (AvgIpc) is 3.25. The van der Waals surface area contributed by atoms with Gasteiger partial charge in [0.1, 0.15) is 4.88 Å². The topological polar surface area (TPSA) is 102 Å². The highest BCUT2D eigenvalue weighted by atomic mass is 35.5. The summed E-state index contributed by atoms with van der Waals surface area (Å²) in [7, 11) is 0. The molecule has 0 aliphatic carbocycles. The van der Waals surface area contributed by atoms with Gasteiger partial charge in [0.25, 0.3) is 11.8 Å². The first kappa shape index (κ1) is 20.2. The zero-order valence-corrected chi connectivity index (χ0v) is 17.3. The van der Waals surface area contributed by atoms with E-state index in [9.17, 15) is 9.59 Å². The minimum atomic E-state index is -0.461. The van der Waals surface area contributed by atoms with Gasteiger partial charge in [-0.05, 0) is 31.5 Å². The van der Waals surface area contributed by atoms with E-state index in [1.165, 1.54) is 10.9 Å². The van der Waals surface area contributed by atoms with Crippen molar-refractivity contribution in [2.45, 2.75) is 20.4 Å². The maximum absolute atomic E-state index is 12.4. The largest absolute Gasteiger partial charge is 0.352 e. The summed E-state index contributed by atoms with van der Waals surface area (Å²) in [5.74, 6) is -0.679. The number of carbonyl (C=O) groups excluding carboxylic acids is 2. The zero-order chi connectivity index (χ0) is 20.3. The third kappa shape index (κ3) is 4.67. The third-order valence-corrected chi connectivity index (χ3v) is 5.47. The van der Waals surface area contributed by atoms with Crippen molar-refractivity contribution < 1.29 is 9.59 Å². The minimum Gasteiger partial charge on any atom is -0.352 e. The number of thiazole rings is 1. The average molecular weight is 439 g/mol. The van der Waals surface area contributed by atoms with Crippen LogP contribution in [-0.2, 0) is 6.54 Å². The van der Waals surface area contributed by atoms with Crippen LogP contribution in [0, 0.1) is 6.92 Å². The lowest BCUT2D eigenvalue weighted by Crippen LogP contribution is -2.22. The molecule has 2 amide bonds. The van der Waals surface area contributed by atoms with Crippen molar-refractivity contribution in [3.8, 4) is 0 Å². The predicted octanol–water partition coefficient (Wildman–Crippen LogP) is 3.40. The molecule has 2 heterocycles. The van der Waals surface area contributed by atoms with Crippen molar-refractivity contribution in [1.82, 2.24) is 25.3 Å². The molecule has 0 unspecified atom stereocenters. The van der Waals surface area contributed by atoms with Crippen molar-refractivity contribution in [2.75, 3.05) is 11.9 Å². The monoisotopic (exact) mass is 438 g/mol. The van der Waals surface area contributed by atoms with E-state index in [1.54, 1.807) is 19.1 Å². The highest BCUT2D eigenvalue weighted by Crippen LogP contribution is 2.24. The predicted molar refractivity (Wildman–Crippen MR) is 108 cm³/mol. The lowest BCUT2D eigenvalue weighted by molar-refractivity contribution is 0.0958. The second-order valence-corrected chi connectivity index (χ2v) is 7.61. The highest BCUT2D eigenvalue weighted by Gasteiger charge is 2.18. The van der Waals surface area contributed by atoms with Crippen LogP contribution in [-0.4, -0.2) is 38.3 Å². The number of hydrogen-bond acceptors (Lipinski definition) is 6. The van der Waals surface area contributed by atoms with E-state index in [0.717, 1.165) is 16.9 Å². The second-order valence-electron chi connectivity index (χ2n) is 5.80. The van der Waals surface area contributed by atoms with Crippen LogP contribution in [0.3, 0.4) is 0 Å². The number of anilines is 1. The fraction of sp³-hybridized carbons (Fsp3) is 0.235. The summed E-state index contributed by atoms with van der Waals surface area (Å²) in [5.41, 5.74) is 1.55. The van der Waals surface area contributed by atoms with Crippen molar-refractivity contribution in [2.24, 2.45) is 0 Å². The molecule has 3 aromatic rings. The van der Waals surface area contributed by atoms with E-state index in [1.807, 2.05) is 13.0 Å². The lowest BCUT2D eigenvalue weighted by atomic mass is 10.2. The zero-order valence-electron chi connectivity index (χ0n) is 15.0. The molecule has 0 fully saturated rings. The van der Waals surface area contributed by atoms with Gasteiger partial charge < -0.3 is 5.32 Å². The van der Waals surface area contributed by atoms with Crippen molar-refractivity contribution in [3.63, 3.8) is 0 Å². The molecule has 0 radical (unpaired) electrons. The van der Waals surface area contributed by atoms with Gasteiger partial charge in [0.2, 0.25) is 0 Å². The molecule has 146 valence electrons. The van der Waals surface area contributed by atoms with E-state index in [-0.39, 0.29) is 11.6 Å². The quantitative estimate of drug-likeness (QED) is 0.613. The van der Waals surface area contributed by atoms with Crippen LogP contribution in [0.1, 0.15) is 38.3 Å². The Kier molecular flexibility index (Phi) is 6.28. The second kappa shape index (κ2) is 8.68. The minimum absolute atomic E-state index is 0.132. The molecule has 1 aromatic carbocycles. The SMILES string of the molecule is CCNC(=O)c1sc(NC(=O)c2cn(Cc3ccc(Cl)c(Cl)c3)nn2)nc1C. The molecule has 0 bridgehead atoms. The number of halogens is 2. The van der Waals surface area contributed by atoms with Crippen LogP contribution in [0.25, 0.3) is 0 Å². The Balaban J connectivity index is 1.68. The van der Waals surface area contributed by atoms with E-state index >= 15 is 0 Å². The molecule has 2 aromatic heterocycles. The molecule has 0 atom stereocenters. The van der Waals surface area contributed by atoms with E-state index in [0.29, 0.717) is 38.8 Å². The number of aryl methyl sites for hydroxylation is 1. The van der Waals surface area contributed by atoms with Gasteiger partial charge in [0, 0.05) is 6.54 Å². The Bertz CT molecular complexity index is 1030. The maximum Gasteiger partial charge on any atom is 0.279 e. The normalized spacial score (nSPS) is 10.7. The van der Waals surface area contributed by atoms with Gasteiger partial charge in [0.05, 0.1) is 28.5 Å². The summed E-state index contributed by atoms with van der Waals surface area (Å²) in [5, 5.41) is 14.4. The van der Waals surface area contributed by atoms with Gasteiger partial charge in [-0.25, -0.2) is 9.67 Å². The van der Waals surface area contributed by atoms with Crippen LogP contribution in [0.4, 0.5) is 5.13 Å². The fourth-order valence-electron chi connectivity index (χ4n) is 2.37. The van der Waals surface area contributed by atoms with Gasteiger partial charge in [-0.3, -0.25) is 14.9 Å². The molecule has 28 heavy (non-hydrogen) atoms. The van der Waals surface area contributed by atoms with Gasteiger partial charge in [-0.15, -0.1) is 5.10 Å². The van der Waals surface area contributed by atoms with Crippen molar-refractivity contribution in [3.05, 3.63) is 56.3 Å². The molecule has 11 heteroatoms. The third-order valence-electron chi connectivity index (χ3n) is 3.66. The molecule has 3 rings (SSSR count). The van der Waals surface area contributed by atoms with Crippen LogP contribution in [0.2, 0.25) is 10.0 Å². The smallest absolute Gasteiger partial charge is 0.279 e. The lowest BCUT2D eigenvalue weighted by Gasteiger charge is -2.02. The summed E-state index contributed by atoms with van der Waals surface area (Å²) in [6, 6.07) is 5.24. The number of nitrogens with one attached hydrogen (secondary N) is 2. The van der Waals surface area contributed by atoms with E-state index in [4.69, 9.17) is 23.2 Å². The fourth-order valence-corrected chi connectivity index (χ4v) is 3.57. The first-order chi connectivity index (χ1) is 13.4. The first-order valence-electron chi connectivity index (χ1n) is 8.28. The number of carbonyl (C=O) groups is 2. The Hall–Kier alpha value is -2.49. The van der Waals surface area contributed by atoms with Gasteiger partial charge in [-0.1, -0.05) is 45.8 Å². The van der Waals surface area contributed by atoms with Crippen molar-refractivity contribution in [1.29, 1.82) is 0 Å². The molecule has 0 spiro atoms. The molecular formula is C17H16Cl2N6O2S. The number of benzene rings is 1. The Labute approximate surface area is 174 Å². The molecule has 0 aliphatic heterocycles. The number of amides is 2. The maximum atomic E-state index is 12.4. The van der Waals surface area contributed by atoms with Crippen LogP contribution < -0.4 is 10.6 Å². The van der Waals surface area contributed by atoms with Crippen LogP contribution in [0.15, 0.2) is 24.4 Å². The summed E-state index contributed by atoms with van der Waals surface area (Å²) in [4.78, 5) is 29.0. The molecule has 8 nitrogen and oxygen atoms in total. The molecule has 2 N–H and O–H groups in total. The Morgan fingerprint density at radius 2 is 2.00 bits per heavy atom. The summed E-state index contributed by atoms with van der Waals surface area (Å²) in [6.45, 7) is 4.44. The first-order valence-corrected chi connectivity index (χ1v) is 9.85. The summed E-state index contributed by atoms with van der Waals surface area (Å²) in [6.07, 6.45) is 1.52. The van der Waals surface area contributed by atoms with Crippen LogP contribution >= 0.6 is 34.5 Å². The Morgan fingerprint density at radius 3 is 2.71 bits per heavy atom. The summed E-state index contributed by atoms with van der Waals surface area (Å²) >= 11 is 13.0. The van der Waals surface area contributed by atoms with Gasteiger partial charge >= 0.3 is 0 Å². The highest BCUT2D eigenvalue weighted by molar-refractivity contribution is 7.17. The number of hydrogen-bond donors (Lipinski definition) is 2. The molecule has 0 saturated carbocycles. The van der Waals surface area contributed by atoms with E-state index in [2.05, 4.69) is 25.9 Å². The van der Waals surface area contributed by atoms with Gasteiger partial charge in [0.15, 0.2) is 10.8 Å².